The van der Waals surface area contributed by atoms with Crippen molar-refractivity contribution in [3.05, 3.63) is 48.6 Å². The molecule has 3 rings (SSSR count). The molecule has 0 unspecified atom stereocenters. The fourth-order valence-corrected chi connectivity index (χ4v) is 2.67. The van der Waals surface area contributed by atoms with Gasteiger partial charge in [-0.25, -0.2) is 9.98 Å². The monoisotopic (exact) mass is 313 g/mol. The first-order chi connectivity index (χ1) is 11.4. The lowest BCUT2D eigenvalue weighted by molar-refractivity contribution is 0.370. The Morgan fingerprint density at radius 2 is 2.09 bits per heavy atom. The molecule has 6 nitrogen and oxygen atoms in total. The van der Waals surface area contributed by atoms with Crippen molar-refractivity contribution >= 4 is 11.8 Å². The van der Waals surface area contributed by atoms with Gasteiger partial charge in [-0.1, -0.05) is 6.07 Å². The van der Waals surface area contributed by atoms with Crippen molar-refractivity contribution in [2.24, 2.45) is 4.99 Å². The molecule has 0 aromatic carbocycles. The average molecular weight is 313 g/mol. The lowest BCUT2D eigenvalue weighted by atomic mass is 10.3. The third-order valence-electron chi connectivity index (χ3n) is 3.85. The van der Waals surface area contributed by atoms with E-state index in [2.05, 4.69) is 38.1 Å². The number of furan rings is 1. The minimum atomic E-state index is 0.565. The van der Waals surface area contributed by atoms with Gasteiger partial charge in [-0.2, -0.15) is 0 Å². The molecule has 0 spiro atoms. The van der Waals surface area contributed by atoms with Crippen molar-refractivity contribution in [1.29, 1.82) is 0 Å². The Morgan fingerprint density at radius 1 is 1.22 bits per heavy atom. The third kappa shape index (κ3) is 4.03. The number of aliphatic imine (C=N–C) groups is 1. The summed E-state index contributed by atoms with van der Waals surface area (Å²) in [5, 5.41) is 3.37. The first-order valence-electron chi connectivity index (χ1n) is 8.08. The van der Waals surface area contributed by atoms with Crippen molar-refractivity contribution in [2.75, 3.05) is 37.6 Å². The van der Waals surface area contributed by atoms with Crippen LogP contribution < -0.4 is 10.2 Å². The largest absolute Gasteiger partial charge is 0.467 e. The number of anilines is 1. The zero-order valence-corrected chi connectivity index (χ0v) is 13.5. The van der Waals surface area contributed by atoms with Gasteiger partial charge < -0.3 is 19.5 Å². The molecule has 0 aliphatic carbocycles. The van der Waals surface area contributed by atoms with Gasteiger partial charge in [0.25, 0.3) is 0 Å². The number of hydrogen-bond acceptors (Lipinski definition) is 4. The summed E-state index contributed by atoms with van der Waals surface area (Å²) >= 11 is 0. The molecule has 6 heteroatoms. The predicted octanol–water partition coefficient (Wildman–Crippen LogP) is 1.96. The minimum Gasteiger partial charge on any atom is -0.467 e. The first-order valence-corrected chi connectivity index (χ1v) is 8.08. The molecule has 1 saturated heterocycles. The molecule has 0 amide bonds. The highest BCUT2D eigenvalue weighted by atomic mass is 16.3. The Bertz CT molecular complexity index is 603. The molecular weight excluding hydrogens is 290 g/mol. The van der Waals surface area contributed by atoms with Crippen LogP contribution in [0.1, 0.15) is 12.7 Å². The summed E-state index contributed by atoms with van der Waals surface area (Å²) in [6.07, 6.45) is 3.53. The molecule has 1 fully saturated rings. The summed E-state index contributed by atoms with van der Waals surface area (Å²) in [4.78, 5) is 13.7. The smallest absolute Gasteiger partial charge is 0.194 e. The highest BCUT2D eigenvalue weighted by Gasteiger charge is 2.20. The maximum absolute atomic E-state index is 5.35. The van der Waals surface area contributed by atoms with Gasteiger partial charge in [0.15, 0.2) is 5.96 Å². The molecule has 2 aromatic heterocycles. The third-order valence-corrected chi connectivity index (χ3v) is 3.85. The van der Waals surface area contributed by atoms with Crippen LogP contribution in [0.4, 0.5) is 5.82 Å². The fraction of sp³-hybridized carbons (Fsp3) is 0.412. The summed E-state index contributed by atoms with van der Waals surface area (Å²) in [5.41, 5.74) is 0. The Balaban J connectivity index is 1.60. The number of guanidine groups is 1. The van der Waals surface area contributed by atoms with Gasteiger partial charge in [0.1, 0.15) is 18.1 Å². The quantitative estimate of drug-likeness (QED) is 0.691. The second-order valence-corrected chi connectivity index (χ2v) is 5.41. The molecule has 122 valence electrons. The van der Waals surface area contributed by atoms with Crippen molar-refractivity contribution < 1.29 is 4.42 Å². The second-order valence-electron chi connectivity index (χ2n) is 5.41. The molecular formula is C17H23N5O. The summed E-state index contributed by atoms with van der Waals surface area (Å²) < 4.78 is 5.35. The lowest BCUT2D eigenvalue weighted by Gasteiger charge is -2.37. The number of aromatic nitrogens is 1. The van der Waals surface area contributed by atoms with Crippen LogP contribution in [0.3, 0.4) is 0 Å². The van der Waals surface area contributed by atoms with Crippen molar-refractivity contribution in [1.82, 2.24) is 15.2 Å². The molecule has 23 heavy (non-hydrogen) atoms. The predicted molar refractivity (Wildman–Crippen MR) is 91.5 cm³/mol. The van der Waals surface area contributed by atoms with Crippen LogP contribution >= 0.6 is 0 Å². The molecule has 0 bridgehead atoms. The van der Waals surface area contributed by atoms with E-state index in [1.807, 2.05) is 30.5 Å². The van der Waals surface area contributed by atoms with E-state index in [0.29, 0.717) is 6.54 Å². The van der Waals surface area contributed by atoms with Crippen LogP contribution in [0, 0.1) is 0 Å². The first kappa shape index (κ1) is 15.4. The van der Waals surface area contributed by atoms with E-state index >= 15 is 0 Å². The van der Waals surface area contributed by atoms with Gasteiger partial charge in [0.05, 0.1) is 6.26 Å². The topological polar surface area (TPSA) is 56.9 Å². The van der Waals surface area contributed by atoms with Crippen LogP contribution in [0.5, 0.6) is 0 Å². The standard InChI is InChI=1S/C17H23N5O/c1-2-18-17(20-14-15-6-5-13-23-15)22-11-9-21(10-12-22)16-7-3-4-8-19-16/h3-8,13H,2,9-12,14H2,1H3,(H,18,20). The number of piperazine rings is 1. The number of nitrogens with one attached hydrogen (secondary N) is 1. The second kappa shape index (κ2) is 7.67. The van der Waals surface area contributed by atoms with Crippen LogP contribution in [0.15, 0.2) is 52.2 Å². The van der Waals surface area contributed by atoms with Crippen LogP contribution in [0.25, 0.3) is 0 Å². The Labute approximate surface area is 136 Å². The molecule has 0 atom stereocenters. The highest BCUT2D eigenvalue weighted by Crippen LogP contribution is 2.13. The summed E-state index contributed by atoms with van der Waals surface area (Å²) in [7, 11) is 0. The summed E-state index contributed by atoms with van der Waals surface area (Å²) in [6.45, 7) is 7.27. The van der Waals surface area contributed by atoms with Gasteiger partial charge in [-0.05, 0) is 31.2 Å². The molecule has 0 radical (unpaired) electrons. The van der Waals surface area contributed by atoms with E-state index in [9.17, 15) is 0 Å². The van der Waals surface area contributed by atoms with Gasteiger partial charge in [0, 0.05) is 38.9 Å². The molecule has 3 heterocycles. The summed E-state index contributed by atoms with van der Waals surface area (Å²) in [5.74, 6) is 2.88. The van der Waals surface area contributed by atoms with E-state index in [4.69, 9.17) is 4.42 Å². The van der Waals surface area contributed by atoms with Crippen molar-refractivity contribution in [3.8, 4) is 0 Å². The van der Waals surface area contributed by atoms with E-state index in [-0.39, 0.29) is 0 Å². The molecule has 0 saturated carbocycles. The van der Waals surface area contributed by atoms with Crippen LogP contribution in [0.2, 0.25) is 0 Å². The van der Waals surface area contributed by atoms with E-state index < -0.39 is 0 Å². The van der Waals surface area contributed by atoms with E-state index in [0.717, 1.165) is 50.3 Å². The summed E-state index contributed by atoms with van der Waals surface area (Å²) in [6, 6.07) is 9.88. The van der Waals surface area contributed by atoms with Crippen molar-refractivity contribution in [2.45, 2.75) is 13.5 Å². The van der Waals surface area contributed by atoms with Gasteiger partial charge >= 0.3 is 0 Å². The zero-order valence-electron chi connectivity index (χ0n) is 13.5. The number of nitrogens with zero attached hydrogens (tertiary/aromatic N) is 4. The van der Waals surface area contributed by atoms with Crippen LogP contribution in [-0.2, 0) is 6.54 Å². The average Bonchev–Trinajstić information content (AvgIpc) is 3.13. The normalized spacial score (nSPS) is 15.8. The molecule has 2 aromatic rings. The number of hydrogen-bond donors (Lipinski definition) is 1. The lowest BCUT2D eigenvalue weighted by Crippen LogP contribution is -2.52. The maximum atomic E-state index is 5.35. The number of pyridine rings is 1. The van der Waals surface area contributed by atoms with Crippen molar-refractivity contribution in [3.63, 3.8) is 0 Å². The Morgan fingerprint density at radius 3 is 2.74 bits per heavy atom. The minimum absolute atomic E-state index is 0.565. The Hall–Kier alpha value is -2.50. The van der Waals surface area contributed by atoms with Gasteiger partial charge in [-0.3, -0.25) is 0 Å². The molecule has 1 aliphatic heterocycles. The fourth-order valence-electron chi connectivity index (χ4n) is 2.67. The highest BCUT2D eigenvalue weighted by molar-refractivity contribution is 5.80. The number of rotatable bonds is 4. The van der Waals surface area contributed by atoms with Gasteiger partial charge in [0.2, 0.25) is 0 Å². The van der Waals surface area contributed by atoms with E-state index in [1.54, 1.807) is 6.26 Å². The zero-order chi connectivity index (χ0) is 15.9. The van der Waals surface area contributed by atoms with Crippen LogP contribution in [-0.4, -0.2) is 48.6 Å². The SMILES string of the molecule is CCNC(=NCc1ccco1)N1CCN(c2ccccn2)CC1. The maximum Gasteiger partial charge on any atom is 0.194 e. The van der Waals surface area contributed by atoms with Gasteiger partial charge in [-0.15, -0.1) is 0 Å². The van der Waals surface area contributed by atoms with E-state index in [1.165, 1.54) is 0 Å². The molecule has 1 aliphatic rings. The molecule has 1 N–H and O–H groups in total. The Kier molecular flexibility index (Phi) is 5.13.